The van der Waals surface area contributed by atoms with Crippen LogP contribution >= 0.6 is 11.3 Å². The lowest BCUT2D eigenvalue weighted by molar-refractivity contribution is 0.0946. The number of aromatic nitrogens is 5. The third-order valence-electron chi connectivity index (χ3n) is 3.32. The molecule has 3 aromatic heterocycles. The minimum absolute atomic E-state index is 0.141. The molecule has 0 saturated carbocycles. The molecule has 1 aromatic carbocycles. The van der Waals surface area contributed by atoms with Gasteiger partial charge in [-0.15, -0.1) is 11.3 Å². The molecular weight excluding hydrogens is 328 g/mol. The summed E-state index contributed by atoms with van der Waals surface area (Å²) in [5.41, 5.74) is 1.56. The van der Waals surface area contributed by atoms with E-state index >= 15 is 0 Å². The summed E-state index contributed by atoms with van der Waals surface area (Å²) in [6.07, 6.45) is 3.43. The van der Waals surface area contributed by atoms with Crippen molar-refractivity contribution in [3.8, 4) is 11.4 Å². The van der Waals surface area contributed by atoms with Crippen molar-refractivity contribution in [1.29, 1.82) is 0 Å². The number of fused-ring (bicyclic) bond motifs is 1. The molecule has 8 nitrogen and oxygen atoms in total. The van der Waals surface area contributed by atoms with Gasteiger partial charge in [-0.1, -0.05) is 17.3 Å². The van der Waals surface area contributed by atoms with Gasteiger partial charge in [-0.2, -0.15) is 10.1 Å². The van der Waals surface area contributed by atoms with Crippen LogP contribution in [0.25, 0.3) is 21.6 Å². The Balaban J connectivity index is 1.44. The van der Waals surface area contributed by atoms with Crippen molar-refractivity contribution < 1.29 is 9.32 Å². The van der Waals surface area contributed by atoms with Crippen LogP contribution in [0.1, 0.15) is 15.7 Å². The molecule has 0 aliphatic heterocycles. The predicted molar refractivity (Wildman–Crippen MR) is 87.3 cm³/mol. The number of benzene rings is 1. The van der Waals surface area contributed by atoms with E-state index in [2.05, 4.69) is 25.5 Å². The highest BCUT2D eigenvalue weighted by atomic mass is 32.1. The lowest BCUT2D eigenvalue weighted by Gasteiger charge is -1.97. The molecule has 0 aliphatic carbocycles. The number of carbonyl (C=O) groups excluding carboxylic acids is 1. The van der Waals surface area contributed by atoms with Gasteiger partial charge in [-0.3, -0.25) is 9.48 Å². The van der Waals surface area contributed by atoms with Gasteiger partial charge >= 0.3 is 0 Å². The van der Waals surface area contributed by atoms with Gasteiger partial charge in [0.25, 0.3) is 5.91 Å². The number of nitrogens with zero attached hydrogens (tertiary/aromatic N) is 5. The number of amides is 1. The van der Waals surface area contributed by atoms with Crippen molar-refractivity contribution in [3.05, 3.63) is 47.6 Å². The number of hydrogen-bond acceptors (Lipinski definition) is 7. The van der Waals surface area contributed by atoms with Crippen LogP contribution in [0.2, 0.25) is 0 Å². The molecule has 0 spiro atoms. The summed E-state index contributed by atoms with van der Waals surface area (Å²) in [5, 5.41) is 11.1. The van der Waals surface area contributed by atoms with Gasteiger partial charge < -0.3 is 9.84 Å². The molecule has 120 valence electrons. The van der Waals surface area contributed by atoms with Crippen molar-refractivity contribution in [3.63, 3.8) is 0 Å². The molecule has 4 aromatic rings. The molecule has 0 aliphatic rings. The van der Waals surface area contributed by atoms with Crippen LogP contribution in [0.5, 0.6) is 0 Å². The Morgan fingerprint density at radius 3 is 3.00 bits per heavy atom. The van der Waals surface area contributed by atoms with E-state index in [0.717, 1.165) is 15.8 Å². The number of hydrogen-bond donors (Lipinski definition) is 1. The largest absolute Gasteiger partial charge is 0.341 e. The Morgan fingerprint density at radius 2 is 2.21 bits per heavy atom. The third kappa shape index (κ3) is 2.76. The first-order valence-corrected chi connectivity index (χ1v) is 7.96. The monoisotopic (exact) mass is 340 g/mol. The van der Waals surface area contributed by atoms with E-state index in [1.807, 2.05) is 31.3 Å². The molecule has 9 heteroatoms. The summed E-state index contributed by atoms with van der Waals surface area (Å²) in [7, 11) is 1.81. The van der Waals surface area contributed by atoms with E-state index < -0.39 is 0 Å². The van der Waals surface area contributed by atoms with Gasteiger partial charge in [-0.05, 0) is 12.1 Å². The maximum Gasteiger partial charge on any atom is 0.280 e. The van der Waals surface area contributed by atoms with E-state index in [0.29, 0.717) is 16.7 Å². The second-order valence-corrected chi connectivity index (χ2v) is 6.11. The van der Waals surface area contributed by atoms with Gasteiger partial charge in [0.2, 0.25) is 11.7 Å². The molecule has 24 heavy (non-hydrogen) atoms. The van der Waals surface area contributed by atoms with Gasteiger partial charge in [0.1, 0.15) is 0 Å². The maximum atomic E-state index is 12.2. The molecule has 4 rings (SSSR count). The second kappa shape index (κ2) is 5.85. The summed E-state index contributed by atoms with van der Waals surface area (Å²) in [6.45, 7) is 0.141. The molecule has 0 saturated heterocycles. The van der Waals surface area contributed by atoms with Crippen LogP contribution in [0.3, 0.4) is 0 Å². The van der Waals surface area contributed by atoms with Crippen molar-refractivity contribution in [2.45, 2.75) is 6.54 Å². The Kier molecular flexibility index (Phi) is 3.54. The van der Waals surface area contributed by atoms with Crippen LogP contribution < -0.4 is 5.32 Å². The fourth-order valence-electron chi connectivity index (χ4n) is 2.18. The zero-order valence-corrected chi connectivity index (χ0v) is 13.4. The average Bonchev–Trinajstić information content (AvgIpc) is 3.31. The number of rotatable bonds is 4. The Bertz CT molecular complexity index is 985. The average molecular weight is 340 g/mol. The van der Waals surface area contributed by atoms with Crippen LogP contribution in [0, 0.1) is 0 Å². The van der Waals surface area contributed by atoms with E-state index in [1.165, 1.54) is 11.3 Å². The highest BCUT2D eigenvalue weighted by Gasteiger charge is 2.14. The third-order valence-corrected chi connectivity index (χ3v) is 4.35. The fraction of sp³-hybridized carbons (Fsp3) is 0.133. The molecule has 0 unspecified atom stereocenters. The SMILES string of the molecule is Cn1cc(-c2noc(CNC(=O)c3nc4ccccc4s3)n2)cn1. The summed E-state index contributed by atoms with van der Waals surface area (Å²) in [4.78, 5) is 20.8. The summed E-state index contributed by atoms with van der Waals surface area (Å²) in [6, 6.07) is 7.62. The highest BCUT2D eigenvalue weighted by Crippen LogP contribution is 2.21. The quantitative estimate of drug-likeness (QED) is 0.610. The highest BCUT2D eigenvalue weighted by molar-refractivity contribution is 7.20. The van der Waals surface area contributed by atoms with E-state index in [4.69, 9.17) is 4.52 Å². The Hall–Kier alpha value is -3.07. The zero-order chi connectivity index (χ0) is 16.5. The fourth-order valence-corrected chi connectivity index (χ4v) is 3.06. The number of para-hydroxylation sites is 1. The van der Waals surface area contributed by atoms with Crippen molar-refractivity contribution in [1.82, 2.24) is 30.2 Å². The van der Waals surface area contributed by atoms with Crippen molar-refractivity contribution in [2.24, 2.45) is 7.05 Å². The number of aryl methyl sites for hydroxylation is 1. The topological polar surface area (TPSA) is 98.7 Å². The minimum atomic E-state index is -0.266. The molecule has 1 amide bonds. The summed E-state index contributed by atoms with van der Waals surface area (Å²) in [5.74, 6) is 0.493. The minimum Gasteiger partial charge on any atom is -0.341 e. The first kappa shape index (κ1) is 14.5. The molecule has 1 N–H and O–H groups in total. The summed E-state index contributed by atoms with van der Waals surface area (Å²) >= 11 is 1.34. The Morgan fingerprint density at radius 1 is 1.33 bits per heavy atom. The van der Waals surface area contributed by atoms with Gasteiger partial charge in [0.05, 0.1) is 28.5 Å². The molecule has 0 bridgehead atoms. The second-order valence-electron chi connectivity index (χ2n) is 5.08. The standard InChI is InChI=1S/C15H12N6O2S/c1-21-8-9(6-17-21)13-19-12(23-20-13)7-16-14(22)15-18-10-4-2-3-5-11(10)24-15/h2-6,8H,7H2,1H3,(H,16,22). The van der Waals surface area contributed by atoms with Gasteiger partial charge in [-0.25, -0.2) is 4.98 Å². The number of thiazole rings is 1. The molecule has 0 fully saturated rings. The number of nitrogens with one attached hydrogen (secondary N) is 1. The van der Waals surface area contributed by atoms with Crippen molar-refractivity contribution >= 4 is 27.5 Å². The van der Waals surface area contributed by atoms with Gasteiger partial charge in [0.15, 0.2) is 5.01 Å². The van der Waals surface area contributed by atoms with Crippen molar-refractivity contribution in [2.75, 3.05) is 0 Å². The van der Waals surface area contributed by atoms with Crippen LogP contribution in [-0.2, 0) is 13.6 Å². The number of carbonyl (C=O) groups is 1. The molecule has 0 atom stereocenters. The smallest absolute Gasteiger partial charge is 0.280 e. The normalized spacial score (nSPS) is 11.0. The van der Waals surface area contributed by atoms with Crippen LogP contribution in [0.15, 0.2) is 41.2 Å². The van der Waals surface area contributed by atoms with E-state index in [1.54, 1.807) is 17.1 Å². The Labute approximate surface area is 140 Å². The van der Waals surface area contributed by atoms with Crippen LogP contribution in [0.4, 0.5) is 0 Å². The maximum absolute atomic E-state index is 12.2. The first-order valence-electron chi connectivity index (χ1n) is 7.14. The summed E-state index contributed by atoms with van der Waals surface area (Å²) < 4.78 is 7.77. The zero-order valence-electron chi connectivity index (χ0n) is 12.6. The van der Waals surface area contributed by atoms with E-state index in [9.17, 15) is 4.79 Å². The lowest BCUT2D eigenvalue weighted by atomic mass is 10.3. The molecule has 0 radical (unpaired) electrons. The molecular formula is C15H12N6O2S. The molecule has 3 heterocycles. The van der Waals surface area contributed by atoms with Crippen LogP contribution in [-0.4, -0.2) is 30.8 Å². The van der Waals surface area contributed by atoms with Gasteiger partial charge in [0, 0.05) is 13.2 Å². The predicted octanol–water partition coefficient (Wildman–Crippen LogP) is 2.01. The first-order chi connectivity index (χ1) is 11.7. The lowest BCUT2D eigenvalue weighted by Crippen LogP contribution is -2.22. The van der Waals surface area contributed by atoms with E-state index in [-0.39, 0.29) is 12.5 Å².